The zero-order valence-corrected chi connectivity index (χ0v) is 11.1. The van der Waals surface area contributed by atoms with Gasteiger partial charge in [-0.1, -0.05) is 31.2 Å². The molecule has 3 N–H and O–H groups in total. The summed E-state index contributed by atoms with van der Waals surface area (Å²) < 4.78 is 0. The predicted octanol–water partition coefficient (Wildman–Crippen LogP) is 2.36. The van der Waals surface area contributed by atoms with Crippen LogP contribution in [-0.4, -0.2) is 22.7 Å². The highest BCUT2D eigenvalue weighted by Gasteiger charge is 2.26. The molecule has 3 heteroatoms. The molecule has 0 radical (unpaired) electrons. The van der Waals surface area contributed by atoms with E-state index in [4.69, 9.17) is 10.8 Å². The van der Waals surface area contributed by atoms with Crippen molar-refractivity contribution in [3.63, 3.8) is 0 Å². The van der Waals surface area contributed by atoms with Crippen LogP contribution in [0.15, 0.2) is 24.3 Å². The highest BCUT2D eigenvalue weighted by Crippen LogP contribution is 2.35. The molecule has 94 valence electrons. The van der Waals surface area contributed by atoms with E-state index in [2.05, 4.69) is 31.2 Å². The first kappa shape index (κ1) is 12.9. The lowest BCUT2D eigenvalue weighted by molar-refractivity contribution is 0.250. The molecule has 0 saturated carbocycles. The fourth-order valence-electron chi connectivity index (χ4n) is 2.29. The third kappa shape index (κ3) is 3.03. The minimum atomic E-state index is 0.149. The van der Waals surface area contributed by atoms with Crippen molar-refractivity contribution in [2.24, 2.45) is 11.7 Å². The molecule has 0 heterocycles. The Morgan fingerprint density at radius 2 is 2.24 bits per heavy atom. The molecule has 0 aromatic heterocycles. The van der Waals surface area contributed by atoms with Gasteiger partial charge in [0.15, 0.2) is 0 Å². The molecule has 0 fully saturated rings. The van der Waals surface area contributed by atoms with Crippen LogP contribution < -0.4 is 5.73 Å². The topological polar surface area (TPSA) is 46.2 Å². The Kier molecular flexibility index (Phi) is 4.48. The van der Waals surface area contributed by atoms with Crippen molar-refractivity contribution in [3.8, 4) is 0 Å². The Morgan fingerprint density at radius 3 is 3.00 bits per heavy atom. The van der Waals surface area contributed by atoms with E-state index in [1.54, 1.807) is 0 Å². The highest BCUT2D eigenvalue weighted by atomic mass is 32.2. The number of thioether (sulfide) groups is 1. The van der Waals surface area contributed by atoms with E-state index < -0.39 is 0 Å². The van der Waals surface area contributed by atoms with Gasteiger partial charge in [0, 0.05) is 17.9 Å². The second kappa shape index (κ2) is 5.89. The first-order valence-corrected chi connectivity index (χ1v) is 7.33. The Bertz CT molecular complexity index is 369. The summed E-state index contributed by atoms with van der Waals surface area (Å²) in [6.07, 6.45) is 2.29. The van der Waals surface area contributed by atoms with E-state index >= 15 is 0 Å². The first-order valence-electron chi connectivity index (χ1n) is 6.28. The molecular formula is C14H21NOS. The monoisotopic (exact) mass is 251 g/mol. The number of aliphatic hydroxyl groups is 1. The maximum absolute atomic E-state index is 9.04. The van der Waals surface area contributed by atoms with Gasteiger partial charge in [0.25, 0.3) is 0 Å². The number of fused-ring (bicyclic) bond motifs is 1. The molecular weight excluding hydrogens is 230 g/mol. The average Bonchev–Trinajstić information content (AvgIpc) is 2.38. The van der Waals surface area contributed by atoms with Gasteiger partial charge in [-0.25, -0.2) is 0 Å². The van der Waals surface area contributed by atoms with Crippen LogP contribution in [0.3, 0.4) is 0 Å². The molecule has 0 amide bonds. The molecule has 2 nitrogen and oxygen atoms in total. The van der Waals surface area contributed by atoms with E-state index in [-0.39, 0.29) is 12.6 Å². The summed E-state index contributed by atoms with van der Waals surface area (Å²) in [5.41, 5.74) is 9.06. The molecule has 0 spiro atoms. The number of rotatable bonds is 4. The maximum Gasteiger partial charge on any atom is 0.0464 e. The van der Waals surface area contributed by atoms with Crippen molar-refractivity contribution >= 4 is 11.8 Å². The van der Waals surface area contributed by atoms with Gasteiger partial charge in [-0.3, -0.25) is 0 Å². The average molecular weight is 251 g/mol. The lowest BCUT2D eigenvalue weighted by atomic mass is 9.88. The summed E-state index contributed by atoms with van der Waals surface area (Å²) in [7, 11) is 0. The van der Waals surface area contributed by atoms with Crippen LogP contribution in [0.1, 0.15) is 30.5 Å². The van der Waals surface area contributed by atoms with E-state index in [0.29, 0.717) is 11.2 Å². The molecule has 1 aromatic carbocycles. The SMILES string of the molecule is CC(CO)CSC1CCc2ccccc2C1N. The van der Waals surface area contributed by atoms with E-state index in [9.17, 15) is 0 Å². The quantitative estimate of drug-likeness (QED) is 0.863. The molecule has 0 bridgehead atoms. The number of nitrogens with two attached hydrogens (primary N) is 1. The number of hydrogen-bond donors (Lipinski definition) is 2. The van der Waals surface area contributed by atoms with Gasteiger partial charge in [0.05, 0.1) is 0 Å². The summed E-state index contributed by atoms with van der Waals surface area (Å²) in [5.74, 6) is 1.36. The summed E-state index contributed by atoms with van der Waals surface area (Å²) in [6, 6.07) is 8.65. The Hall–Kier alpha value is -0.510. The van der Waals surface area contributed by atoms with Crippen LogP contribution in [0, 0.1) is 5.92 Å². The largest absolute Gasteiger partial charge is 0.396 e. The van der Waals surface area contributed by atoms with Crippen molar-refractivity contribution < 1.29 is 5.11 Å². The van der Waals surface area contributed by atoms with Crippen LogP contribution in [0.4, 0.5) is 0 Å². The molecule has 1 aliphatic rings. The van der Waals surface area contributed by atoms with Crippen molar-refractivity contribution in [2.75, 3.05) is 12.4 Å². The molecule has 3 unspecified atom stereocenters. The van der Waals surface area contributed by atoms with Crippen LogP contribution in [0.25, 0.3) is 0 Å². The van der Waals surface area contributed by atoms with E-state index in [1.807, 2.05) is 11.8 Å². The van der Waals surface area contributed by atoms with E-state index in [0.717, 1.165) is 18.6 Å². The van der Waals surface area contributed by atoms with Crippen LogP contribution in [-0.2, 0) is 6.42 Å². The summed E-state index contributed by atoms with van der Waals surface area (Å²) in [4.78, 5) is 0. The van der Waals surface area contributed by atoms with Gasteiger partial charge < -0.3 is 10.8 Å². The van der Waals surface area contributed by atoms with Gasteiger partial charge in [0.1, 0.15) is 0 Å². The lowest BCUT2D eigenvalue weighted by Crippen LogP contribution is -2.30. The normalized spacial score (nSPS) is 25.4. The number of aryl methyl sites for hydroxylation is 1. The molecule has 3 atom stereocenters. The highest BCUT2D eigenvalue weighted by molar-refractivity contribution is 7.99. The minimum Gasteiger partial charge on any atom is -0.396 e. The standard InChI is InChI=1S/C14H21NOS/c1-10(8-16)9-17-13-7-6-11-4-2-3-5-12(11)14(13)15/h2-5,10,13-14,16H,6-9,15H2,1H3. The second-order valence-electron chi connectivity index (χ2n) is 4.92. The van der Waals surface area contributed by atoms with Gasteiger partial charge in [-0.15, -0.1) is 0 Å². The second-order valence-corrected chi connectivity index (χ2v) is 6.19. The van der Waals surface area contributed by atoms with Gasteiger partial charge in [0.2, 0.25) is 0 Å². The van der Waals surface area contributed by atoms with Crippen molar-refractivity contribution in [1.82, 2.24) is 0 Å². The summed E-state index contributed by atoms with van der Waals surface area (Å²) in [6.45, 7) is 2.35. The fourth-order valence-corrected chi connectivity index (χ4v) is 3.61. The molecule has 1 aromatic rings. The number of aliphatic hydroxyl groups excluding tert-OH is 1. The third-order valence-electron chi connectivity index (χ3n) is 3.42. The predicted molar refractivity (Wildman–Crippen MR) is 74.2 cm³/mol. The van der Waals surface area contributed by atoms with Crippen molar-refractivity contribution in [3.05, 3.63) is 35.4 Å². The molecule has 17 heavy (non-hydrogen) atoms. The lowest BCUT2D eigenvalue weighted by Gasteiger charge is -2.31. The van der Waals surface area contributed by atoms with Crippen molar-refractivity contribution in [2.45, 2.75) is 31.1 Å². The third-order valence-corrected chi connectivity index (χ3v) is 5.14. The Labute approximate surface area is 108 Å². The minimum absolute atomic E-state index is 0.149. The number of hydrogen-bond acceptors (Lipinski definition) is 3. The van der Waals surface area contributed by atoms with Crippen LogP contribution in [0.5, 0.6) is 0 Å². The van der Waals surface area contributed by atoms with Gasteiger partial charge in [-0.2, -0.15) is 11.8 Å². The zero-order valence-electron chi connectivity index (χ0n) is 10.3. The van der Waals surface area contributed by atoms with Gasteiger partial charge >= 0.3 is 0 Å². The fraction of sp³-hybridized carbons (Fsp3) is 0.571. The summed E-state index contributed by atoms with van der Waals surface area (Å²) in [5, 5.41) is 9.54. The Balaban J connectivity index is 1.99. The maximum atomic E-state index is 9.04. The van der Waals surface area contributed by atoms with Crippen molar-refractivity contribution in [1.29, 1.82) is 0 Å². The van der Waals surface area contributed by atoms with Gasteiger partial charge in [-0.05, 0) is 35.6 Å². The Morgan fingerprint density at radius 1 is 1.47 bits per heavy atom. The zero-order chi connectivity index (χ0) is 12.3. The number of benzene rings is 1. The van der Waals surface area contributed by atoms with Crippen LogP contribution >= 0.6 is 11.8 Å². The first-order chi connectivity index (χ1) is 8.22. The summed E-state index contributed by atoms with van der Waals surface area (Å²) >= 11 is 1.92. The van der Waals surface area contributed by atoms with Crippen LogP contribution in [0.2, 0.25) is 0 Å². The molecule has 1 aliphatic carbocycles. The molecule has 2 rings (SSSR count). The molecule has 0 saturated heterocycles. The molecule has 0 aliphatic heterocycles. The van der Waals surface area contributed by atoms with E-state index in [1.165, 1.54) is 11.1 Å². The smallest absolute Gasteiger partial charge is 0.0464 e.